The first kappa shape index (κ1) is 10.0. The molecule has 0 bridgehead atoms. The highest BCUT2D eigenvalue weighted by Crippen LogP contribution is 2.30. The summed E-state index contributed by atoms with van der Waals surface area (Å²) in [6.07, 6.45) is 8.46. The first-order valence-electron chi connectivity index (χ1n) is 5.88. The topological polar surface area (TPSA) is 12.5 Å². The van der Waals surface area contributed by atoms with Crippen LogP contribution in [0.3, 0.4) is 0 Å². The van der Waals surface area contributed by atoms with Crippen LogP contribution in [0.1, 0.15) is 32.1 Å². The van der Waals surface area contributed by atoms with Gasteiger partial charge in [0.05, 0.1) is 12.9 Å². The van der Waals surface area contributed by atoms with Crippen molar-refractivity contribution in [1.29, 1.82) is 0 Å². The lowest BCUT2D eigenvalue weighted by Gasteiger charge is -2.44. The molecule has 2 fully saturated rings. The zero-order valence-corrected chi connectivity index (χ0v) is 8.95. The second-order valence-corrected chi connectivity index (χ2v) is 4.50. The first-order chi connectivity index (χ1) is 6.92. The van der Waals surface area contributed by atoms with Crippen molar-refractivity contribution in [3.63, 3.8) is 0 Å². The maximum absolute atomic E-state index is 5.36. The van der Waals surface area contributed by atoms with Crippen LogP contribution < -0.4 is 0 Å². The summed E-state index contributed by atoms with van der Waals surface area (Å²) in [6.45, 7) is 7.12. The molecule has 2 aliphatic heterocycles. The van der Waals surface area contributed by atoms with Gasteiger partial charge in [-0.2, -0.15) is 0 Å². The highest BCUT2D eigenvalue weighted by molar-refractivity contribution is 4.87. The van der Waals surface area contributed by atoms with Crippen LogP contribution in [0.4, 0.5) is 0 Å². The molecule has 0 unspecified atom stereocenters. The summed E-state index contributed by atoms with van der Waals surface area (Å²) in [5.74, 6) is 0.752. The molecule has 2 saturated heterocycles. The van der Waals surface area contributed by atoms with E-state index in [0.29, 0.717) is 0 Å². The number of rotatable bonds is 3. The Labute approximate surface area is 86.9 Å². The quantitative estimate of drug-likeness (QED) is 0.641. The monoisotopic (exact) mass is 195 g/mol. The van der Waals surface area contributed by atoms with Crippen molar-refractivity contribution < 1.29 is 4.74 Å². The molecule has 2 heterocycles. The fourth-order valence-electron chi connectivity index (χ4n) is 2.96. The minimum absolute atomic E-state index is 0.752. The Kier molecular flexibility index (Phi) is 3.46. The van der Waals surface area contributed by atoms with Crippen LogP contribution in [0.5, 0.6) is 0 Å². The lowest BCUT2D eigenvalue weighted by Crippen LogP contribution is -2.49. The van der Waals surface area contributed by atoms with Gasteiger partial charge in [-0.25, -0.2) is 0 Å². The molecule has 0 radical (unpaired) electrons. The van der Waals surface area contributed by atoms with E-state index in [0.717, 1.165) is 18.6 Å². The van der Waals surface area contributed by atoms with E-state index in [-0.39, 0.29) is 0 Å². The Morgan fingerprint density at radius 3 is 2.93 bits per heavy atom. The summed E-state index contributed by atoms with van der Waals surface area (Å²) in [7, 11) is 0. The van der Waals surface area contributed by atoms with Gasteiger partial charge in [0.2, 0.25) is 0 Å². The van der Waals surface area contributed by atoms with Gasteiger partial charge in [-0.15, -0.1) is 0 Å². The summed E-state index contributed by atoms with van der Waals surface area (Å²) < 4.78 is 5.36. The molecule has 0 spiro atoms. The van der Waals surface area contributed by atoms with E-state index < -0.39 is 0 Å². The van der Waals surface area contributed by atoms with Crippen molar-refractivity contribution in [3.05, 3.63) is 12.8 Å². The van der Waals surface area contributed by atoms with E-state index >= 15 is 0 Å². The van der Waals surface area contributed by atoms with E-state index in [4.69, 9.17) is 4.74 Å². The zero-order valence-electron chi connectivity index (χ0n) is 8.95. The third-order valence-corrected chi connectivity index (χ3v) is 3.66. The maximum atomic E-state index is 5.36. The fourth-order valence-corrected chi connectivity index (χ4v) is 2.96. The van der Waals surface area contributed by atoms with Crippen LogP contribution in [-0.2, 0) is 4.74 Å². The molecule has 14 heavy (non-hydrogen) atoms. The summed E-state index contributed by atoms with van der Waals surface area (Å²) >= 11 is 0. The van der Waals surface area contributed by atoms with Gasteiger partial charge in [-0.05, 0) is 38.8 Å². The van der Waals surface area contributed by atoms with Crippen LogP contribution in [0, 0.1) is 5.92 Å². The molecule has 0 saturated carbocycles. The molecule has 2 aliphatic rings. The van der Waals surface area contributed by atoms with E-state index in [1.165, 1.54) is 45.2 Å². The molecular weight excluding hydrogens is 174 g/mol. The van der Waals surface area contributed by atoms with E-state index in [9.17, 15) is 0 Å². The Hall–Kier alpha value is -0.500. The van der Waals surface area contributed by atoms with Crippen molar-refractivity contribution >= 4 is 0 Å². The molecule has 0 amide bonds. The Balaban J connectivity index is 1.90. The van der Waals surface area contributed by atoms with Gasteiger partial charge in [0.1, 0.15) is 0 Å². The minimum atomic E-state index is 0.752. The number of nitrogens with zero attached hydrogens (tertiary/aromatic N) is 1. The second-order valence-electron chi connectivity index (χ2n) is 4.50. The average molecular weight is 195 g/mol. The number of ether oxygens (including phenoxy) is 1. The smallest absolute Gasteiger partial charge is 0.0916 e. The van der Waals surface area contributed by atoms with Crippen molar-refractivity contribution in [1.82, 2.24) is 4.90 Å². The van der Waals surface area contributed by atoms with Crippen molar-refractivity contribution in [2.24, 2.45) is 5.92 Å². The van der Waals surface area contributed by atoms with Crippen LogP contribution in [0.2, 0.25) is 0 Å². The highest BCUT2D eigenvalue weighted by Gasteiger charge is 2.32. The molecule has 0 N–H and O–H groups in total. The molecule has 0 aliphatic carbocycles. The van der Waals surface area contributed by atoms with Crippen molar-refractivity contribution in [2.75, 3.05) is 19.7 Å². The molecule has 2 nitrogen and oxygen atoms in total. The number of piperidine rings is 2. The molecule has 0 aromatic heterocycles. The first-order valence-corrected chi connectivity index (χ1v) is 5.88. The maximum Gasteiger partial charge on any atom is 0.0916 e. The zero-order chi connectivity index (χ0) is 9.80. The molecule has 2 atom stereocenters. The van der Waals surface area contributed by atoms with Gasteiger partial charge in [-0.3, -0.25) is 4.90 Å². The summed E-state index contributed by atoms with van der Waals surface area (Å²) in [5, 5.41) is 0. The van der Waals surface area contributed by atoms with Crippen molar-refractivity contribution in [3.8, 4) is 0 Å². The standard InChI is InChI=1S/C12H21NO/c1-2-14-10-11-6-5-9-13-8-4-3-7-12(11)13/h2,11-12H,1,3-10H2/t11-,12+/m0/s1. The lowest BCUT2D eigenvalue weighted by atomic mass is 9.84. The summed E-state index contributed by atoms with van der Waals surface area (Å²) in [6, 6.07) is 0.803. The van der Waals surface area contributed by atoms with Gasteiger partial charge in [0.25, 0.3) is 0 Å². The predicted molar refractivity (Wildman–Crippen MR) is 58.1 cm³/mol. The molecule has 2 heteroatoms. The summed E-state index contributed by atoms with van der Waals surface area (Å²) in [4.78, 5) is 2.67. The van der Waals surface area contributed by atoms with Gasteiger partial charge < -0.3 is 4.74 Å². The molecule has 2 rings (SSSR count). The average Bonchev–Trinajstić information content (AvgIpc) is 2.26. The Bertz CT molecular complexity index is 191. The number of hydrogen-bond donors (Lipinski definition) is 0. The van der Waals surface area contributed by atoms with Crippen LogP contribution in [0.15, 0.2) is 12.8 Å². The lowest BCUT2D eigenvalue weighted by molar-refractivity contribution is 0.0271. The number of fused-ring (bicyclic) bond motifs is 1. The van der Waals surface area contributed by atoms with Crippen LogP contribution in [0.25, 0.3) is 0 Å². The molecule has 0 aromatic rings. The number of hydrogen-bond acceptors (Lipinski definition) is 2. The second kappa shape index (κ2) is 4.83. The normalized spacial score (nSPS) is 33.4. The van der Waals surface area contributed by atoms with Crippen molar-refractivity contribution in [2.45, 2.75) is 38.1 Å². The van der Waals surface area contributed by atoms with Gasteiger partial charge in [0.15, 0.2) is 0 Å². The van der Waals surface area contributed by atoms with Gasteiger partial charge >= 0.3 is 0 Å². The Morgan fingerprint density at radius 1 is 1.21 bits per heavy atom. The van der Waals surface area contributed by atoms with Gasteiger partial charge in [0, 0.05) is 12.0 Å². The highest BCUT2D eigenvalue weighted by atomic mass is 16.5. The molecule has 80 valence electrons. The fraction of sp³-hybridized carbons (Fsp3) is 0.833. The predicted octanol–water partition coefficient (Wildman–Crippen LogP) is 2.41. The molecular formula is C12H21NO. The Morgan fingerprint density at radius 2 is 2.07 bits per heavy atom. The van der Waals surface area contributed by atoms with E-state index in [1.807, 2.05) is 0 Å². The molecule has 0 aromatic carbocycles. The van der Waals surface area contributed by atoms with Gasteiger partial charge in [-0.1, -0.05) is 13.0 Å². The van der Waals surface area contributed by atoms with E-state index in [2.05, 4.69) is 11.5 Å². The van der Waals surface area contributed by atoms with E-state index in [1.54, 1.807) is 6.26 Å². The largest absolute Gasteiger partial charge is 0.501 e. The minimum Gasteiger partial charge on any atom is -0.501 e. The third-order valence-electron chi connectivity index (χ3n) is 3.66. The van der Waals surface area contributed by atoms with Crippen LogP contribution in [-0.4, -0.2) is 30.6 Å². The van der Waals surface area contributed by atoms with Crippen LogP contribution >= 0.6 is 0 Å². The third kappa shape index (κ3) is 2.11. The SMILES string of the molecule is C=COC[C@@H]1CCCN2CCCC[C@H]12. The summed E-state index contributed by atoms with van der Waals surface area (Å²) in [5.41, 5.74) is 0.